The third kappa shape index (κ3) is 2.63. The van der Waals surface area contributed by atoms with E-state index in [-0.39, 0.29) is 21.2 Å². The molecule has 0 atom stereocenters. The zero-order chi connectivity index (χ0) is 14.2. The van der Waals surface area contributed by atoms with Gasteiger partial charge in [-0.3, -0.25) is 10.8 Å². The lowest BCUT2D eigenvalue weighted by atomic mass is 10.1. The Kier molecular flexibility index (Phi) is 3.89. The van der Waals surface area contributed by atoms with Crippen LogP contribution in [0.3, 0.4) is 0 Å². The molecule has 0 amide bonds. The first kappa shape index (κ1) is 14.4. The Morgan fingerprint density at radius 1 is 0.895 bits per heavy atom. The van der Waals surface area contributed by atoms with Crippen molar-refractivity contribution in [2.24, 2.45) is 0 Å². The molecule has 1 aliphatic carbocycles. The van der Waals surface area contributed by atoms with Gasteiger partial charge in [-0.25, -0.2) is 8.42 Å². The van der Waals surface area contributed by atoms with Gasteiger partial charge >= 0.3 is 0 Å². The fourth-order valence-corrected chi connectivity index (χ4v) is 3.48. The van der Waals surface area contributed by atoms with Gasteiger partial charge in [0.15, 0.2) is 0 Å². The Bertz CT molecular complexity index is 731. The summed E-state index contributed by atoms with van der Waals surface area (Å²) in [4.78, 5) is -0.0612. The predicted molar refractivity (Wildman–Crippen MR) is 81.9 cm³/mol. The fraction of sp³-hybridized carbons (Fsp3) is 0. The normalized spacial score (nSPS) is 16.1. The van der Waals surface area contributed by atoms with Crippen LogP contribution in [0, 0.1) is 10.8 Å². The summed E-state index contributed by atoms with van der Waals surface area (Å²) >= 11 is 6.34. The number of nitrogens with one attached hydrogen (secondary N) is 2. The van der Waals surface area contributed by atoms with E-state index in [1.54, 1.807) is 12.1 Å². The lowest BCUT2D eigenvalue weighted by molar-refractivity contribution is 0.603. The van der Waals surface area contributed by atoms with Crippen molar-refractivity contribution in [3.05, 3.63) is 50.3 Å². The second-order valence-electron chi connectivity index (χ2n) is 3.75. The summed E-state index contributed by atoms with van der Waals surface area (Å²) in [6, 6.07) is 6.17. The highest BCUT2D eigenvalue weighted by molar-refractivity contribution is 9.12. The van der Waals surface area contributed by atoms with Crippen molar-refractivity contribution in [2.45, 2.75) is 4.90 Å². The van der Waals surface area contributed by atoms with Gasteiger partial charge in [-0.2, -0.15) is 0 Å². The Labute approximate surface area is 127 Å². The average molecular weight is 404 g/mol. The van der Waals surface area contributed by atoms with Crippen LogP contribution >= 0.6 is 31.9 Å². The molecule has 2 N–H and O–H groups in total. The van der Waals surface area contributed by atoms with Crippen LogP contribution in [-0.2, 0) is 9.84 Å². The molecule has 0 fully saturated rings. The van der Waals surface area contributed by atoms with E-state index in [0.717, 1.165) is 4.47 Å². The van der Waals surface area contributed by atoms with Crippen LogP contribution in [0.4, 0.5) is 0 Å². The molecular formula is C12H8Br2N2O2S. The number of allylic oxidation sites excluding steroid dienone is 4. The maximum atomic E-state index is 12.4. The third-order valence-electron chi connectivity index (χ3n) is 2.53. The van der Waals surface area contributed by atoms with E-state index in [4.69, 9.17) is 10.8 Å². The van der Waals surface area contributed by atoms with Crippen molar-refractivity contribution < 1.29 is 8.42 Å². The molecule has 7 heteroatoms. The summed E-state index contributed by atoms with van der Waals surface area (Å²) in [5, 5.41) is 15.4. The van der Waals surface area contributed by atoms with E-state index < -0.39 is 9.84 Å². The summed E-state index contributed by atoms with van der Waals surface area (Å²) in [7, 11) is -3.77. The number of halogens is 2. The first-order chi connectivity index (χ1) is 8.84. The summed E-state index contributed by atoms with van der Waals surface area (Å²) in [5.41, 5.74) is -0.449. The topological polar surface area (TPSA) is 81.8 Å². The highest BCUT2D eigenvalue weighted by atomic mass is 79.9. The first-order valence-electron chi connectivity index (χ1n) is 5.10. The molecule has 0 radical (unpaired) electrons. The van der Waals surface area contributed by atoms with Crippen molar-refractivity contribution >= 4 is 53.1 Å². The van der Waals surface area contributed by atoms with Crippen LogP contribution < -0.4 is 0 Å². The molecule has 1 aliphatic rings. The molecule has 1 aromatic carbocycles. The molecule has 4 nitrogen and oxygen atoms in total. The molecule has 0 aliphatic heterocycles. The third-order valence-corrected chi connectivity index (χ3v) is 5.53. The van der Waals surface area contributed by atoms with Gasteiger partial charge in [0.1, 0.15) is 0 Å². The molecule has 0 saturated heterocycles. The van der Waals surface area contributed by atoms with E-state index in [2.05, 4.69) is 31.9 Å². The van der Waals surface area contributed by atoms with E-state index in [1.807, 2.05) is 0 Å². The van der Waals surface area contributed by atoms with E-state index >= 15 is 0 Å². The van der Waals surface area contributed by atoms with Gasteiger partial charge in [0.25, 0.3) is 0 Å². The van der Waals surface area contributed by atoms with E-state index in [9.17, 15) is 8.42 Å². The Hall–Kier alpha value is -1.05. The molecule has 1 aromatic rings. The van der Waals surface area contributed by atoms with Gasteiger partial charge < -0.3 is 0 Å². The summed E-state index contributed by atoms with van der Waals surface area (Å²) in [6.07, 6.45) is 2.80. The minimum absolute atomic E-state index is 0.103. The molecule has 19 heavy (non-hydrogen) atoms. The van der Waals surface area contributed by atoms with Crippen molar-refractivity contribution in [3.8, 4) is 0 Å². The Morgan fingerprint density at radius 2 is 1.47 bits per heavy atom. The standard InChI is InChI=1S/C12H8Br2N2O2S/c13-7-1-3-8(4-2-7)19(17,18)10-6-5-9(14)11(15)12(10)16/h1-6,15-16H. The molecule has 0 saturated carbocycles. The van der Waals surface area contributed by atoms with Crippen LogP contribution in [0.15, 0.2) is 55.2 Å². The smallest absolute Gasteiger partial charge is 0.208 e. The van der Waals surface area contributed by atoms with Gasteiger partial charge in [0.05, 0.1) is 21.2 Å². The van der Waals surface area contributed by atoms with Gasteiger partial charge in [0.2, 0.25) is 9.84 Å². The number of hydrogen-bond donors (Lipinski definition) is 2. The van der Waals surface area contributed by atoms with Crippen molar-refractivity contribution in [3.63, 3.8) is 0 Å². The first-order valence-corrected chi connectivity index (χ1v) is 8.17. The van der Waals surface area contributed by atoms with Crippen molar-refractivity contribution in [1.29, 1.82) is 10.8 Å². The molecule has 0 spiro atoms. The van der Waals surface area contributed by atoms with Crippen LogP contribution in [0.1, 0.15) is 0 Å². The monoisotopic (exact) mass is 402 g/mol. The fourth-order valence-electron chi connectivity index (χ4n) is 1.52. The number of hydrogen-bond acceptors (Lipinski definition) is 4. The molecule has 2 rings (SSSR count). The molecule has 0 heterocycles. The molecule has 98 valence electrons. The SMILES string of the molecule is N=C1C(=N)C(S(=O)(=O)c2ccc(Br)cc2)=CC=C1Br. The zero-order valence-corrected chi connectivity index (χ0v) is 13.4. The van der Waals surface area contributed by atoms with E-state index in [1.165, 1.54) is 24.3 Å². The van der Waals surface area contributed by atoms with Gasteiger partial charge in [0, 0.05) is 8.96 Å². The van der Waals surface area contributed by atoms with Crippen LogP contribution in [-0.4, -0.2) is 19.8 Å². The Morgan fingerprint density at radius 3 is 2.05 bits per heavy atom. The van der Waals surface area contributed by atoms with Crippen LogP contribution in [0.5, 0.6) is 0 Å². The minimum Gasteiger partial charge on any atom is -0.297 e. The van der Waals surface area contributed by atoms with Gasteiger partial charge in [-0.15, -0.1) is 0 Å². The number of rotatable bonds is 2. The second-order valence-corrected chi connectivity index (χ2v) is 7.44. The Balaban J connectivity index is 2.55. The molecule has 0 bridgehead atoms. The quantitative estimate of drug-likeness (QED) is 0.741. The lowest BCUT2D eigenvalue weighted by Crippen LogP contribution is -2.23. The van der Waals surface area contributed by atoms with Crippen molar-refractivity contribution in [2.75, 3.05) is 0 Å². The van der Waals surface area contributed by atoms with Crippen LogP contribution in [0.2, 0.25) is 0 Å². The maximum absolute atomic E-state index is 12.4. The maximum Gasteiger partial charge on any atom is 0.208 e. The lowest BCUT2D eigenvalue weighted by Gasteiger charge is -2.14. The number of sulfone groups is 1. The highest BCUT2D eigenvalue weighted by Crippen LogP contribution is 2.27. The van der Waals surface area contributed by atoms with Crippen molar-refractivity contribution in [1.82, 2.24) is 0 Å². The van der Waals surface area contributed by atoms with E-state index in [0.29, 0.717) is 4.48 Å². The number of benzene rings is 1. The molecule has 0 unspecified atom stereocenters. The summed E-state index contributed by atoms with van der Waals surface area (Å²) < 4.78 is 26.0. The van der Waals surface area contributed by atoms with Gasteiger partial charge in [-0.05, 0) is 52.3 Å². The second kappa shape index (κ2) is 5.15. The summed E-state index contributed by atoms with van der Waals surface area (Å²) in [5.74, 6) is 0. The molecular weight excluding hydrogens is 396 g/mol. The molecule has 0 aromatic heterocycles. The van der Waals surface area contributed by atoms with Gasteiger partial charge in [-0.1, -0.05) is 15.9 Å². The zero-order valence-electron chi connectivity index (χ0n) is 9.44. The van der Waals surface area contributed by atoms with Crippen LogP contribution in [0.25, 0.3) is 0 Å². The highest BCUT2D eigenvalue weighted by Gasteiger charge is 2.29. The average Bonchev–Trinajstić information content (AvgIpc) is 2.36. The minimum atomic E-state index is -3.77. The largest absolute Gasteiger partial charge is 0.297 e. The predicted octanol–water partition coefficient (Wildman–Crippen LogP) is 3.44. The summed E-state index contributed by atoms with van der Waals surface area (Å²) in [6.45, 7) is 0.